The minimum absolute atomic E-state index is 0.129. The number of amides is 2. The Morgan fingerprint density at radius 2 is 1.61 bits per heavy atom. The van der Waals surface area contributed by atoms with Gasteiger partial charge < -0.3 is 15.0 Å². The summed E-state index contributed by atoms with van der Waals surface area (Å²) >= 11 is 0. The van der Waals surface area contributed by atoms with Crippen molar-refractivity contribution in [3.05, 3.63) is 101 Å². The highest BCUT2D eigenvalue weighted by atomic mass is 16.5. The zero-order chi connectivity index (χ0) is 27.5. The Bertz CT molecular complexity index is 1180. The summed E-state index contributed by atoms with van der Waals surface area (Å²) in [5, 5.41) is 3.07. The van der Waals surface area contributed by atoms with Crippen molar-refractivity contribution in [2.45, 2.75) is 71.9 Å². The molecule has 0 aliphatic carbocycles. The van der Waals surface area contributed by atoms with E-state index in [4.69, 9.17) is 4.74 Å². The molecule has 0 fully saturated rings. The molecule has 5 nitrogen and oxygen atoms in total. The average molecular weight is 515 g/mol. The molecule has 1 N–H and O–H groups in total. The first-order chi connectivity index (χ1) is 18.2. The third-order valence-electron chi connectivity index (χ3n) is 6.58. The molecule has 3 aromatic carbocycles. The van der Waals surface area contributed by atoms with Crippen LogP contribution >= 0.6 is 0 Å². The minimum Gasteiger partial charge on any atom is -0.483 e. The van der Waals surface area contributed by atoms with Crippen molar-refractivity contribution >= 4 is 11.8 Å². The van der Waals surface area contributed by atoms with E-state index in [0.717, 1.165) is 35.1 Å². The molecule has 1 unspecified atom stereocenters. The smallest absolute Gasteiger partial charge is 0.261 e. The number of nitrogens with one attached hydrogen (secondary N) is 1. The number of aryl methyl sites for hydroxylation is 1. The number of hydrogen-bond acceptors (Lipinski definition) is 3. The fourth-order valence-corrected chi connectivity index (χ4v) is 4.50. The summed E-state index contributed by atoms with van der Waals surface area (Å²) in [6, 6.07) is 25.1. The monoisotopic (exact) mass is 514 g/mol. The van der Waals surface area contributed by atoms with E-state index in [1.54, 1.807) is 4.90 Å². The maximum atomic E-state index is 13.9. The van der Waals surface area contributed by atoms with Gasteiger partial charge in [-0.15, -0.1) is 0 Å². The Morgan fingerprint density at radius 3 is 2.29 bits per heavy atom. The number of hydrogen-bond donors (Lipinski definition) is 1. The van der Waals surface area contributed by atoms with Gasteiger partial charge in [0.15, 0.2) is 6.61 Å². The fourth-order valence-electron chi connectivity index (χ4n) is 4.50. The quantitative estimate of drug-likeness (QED) is 0.292. The van der Waals surface area contributed by atoms with Crippen molar-refractivity contribution in [1.82, 2.24) is 10.2 Å². The maximum absolute atomic E-state index is 13.9. The minimum atomic E-state index is -0.663. The Labute approximate surface area is 228 Å². The molecule has 0 spiro atoms. The standard InChI is InChI=1S/C33H42N2O3/c1-6-7-20-34-32(37)29(22-26-15-9-8-10-16-26)35(23-27-17-13-14-25(2)21-27)31(36)24-38-30-19-12-11-18-28(30)33(3,4)5/h8-19,21,29H,6-7,20,22-24H2,1-5H3,(H,34,37). The molecule has 0 heterocycles. The summed E-state index contributed by atoms with van der Waals surface area (Å²) in [6.45, 7) is 11.3. The Hall–Kier alpha value is -3.60. The van der Waals surface area contributed by atoms with Gasteiger partial charge in [-0.05, 0) is 41.5 Å². The number of benzene rings is 3. The lowest BCUT2D eigenvalue weighted by Crippen LogP contribution is -2.51. The highest BCUT2D eigenvalue weighted by molar-refractivity contribution is 5.88. The number of carbonyl (C=O) groups excluding carboxylic acids is 2. The van der Waals surface area contributed by atoms with Gasteiger partial charge in [0.25, 0.3) is 5.91 Å². The lowest BCUT2D eigenvalue weighted by molar-refractivity contribution is -0.142. The van der Waals surface area contributed by atoms with Gasteiger partial charge in [0.2, 0.25) is 5.91 Å². The first-order valence-corrected chi connectivity index (χ1v) is 13.6. The second kappa shape index (κ2) is 13.8. The summed E-state index contributed by atoms with van der Waals surface area (Å²) in [4.78, 5) is 29.1. The van der Waals surface area contributed by atoms with Crippen molar-refractivity contribution in [2.24, 2.45) is 0 Å². The van der Waals surface area contributed by atoms with Crippen LogP contribution in [0.25, 0.3) is 0 Å². The highest BCUT2D eigenvalue weighted by Gasteiger charge is 2.31. The van der Waals surface area contributed by atoms with Crippen molar-refractivity contribution < 1.29 is 14.3 Å². The molecule has 3 aromatic rings. The molecule has 2 amide bonds. The van der Waals surface area contributed by atoms with Crippen LogP contribution in [0.3, 0.4) is 0 Å². The van der Waals surface area contributed by atoms with Gasteiger partial charge in [-0.2, -0.15) is 0 Å². The third-order valence-corrected chi connectivity index (χ3v) is 6.58. The van der Waals surface area contributed by atoms with Gasteiger partial charge in [-0.25, -0.2) is 0 Å². The van der Waals surface area contributed by atoms with Crippen LogP contribution < -0.4 is 10.1 Å². The second-order valence-corrected chi connectivity index (χ2v) is 10.9. The molecule has 0 radical (unpaired) electrons. The van der Waals surface area contributed by atoms with E-state index in [0.29, 0.717) is 25.3 Å². The van der Waals surface area contributed by atoms with E-state index in [1.165, 1.54) is 0 Å². The van der Waals surface area contributed by atoms with Crippen LogP contribution in [0.5, 0.6) is 5.75 Å². The molecule has 5 heteroatoms. The van der Waals surface area contributed by atoms with E-state index in [9.17, 15) is 9.59 Å². The molecule has 0 bridgehead atoms. The first-order valence-electron chi connectivity index (χ1n) is 13.6. The van der Waals surface area contributed by atoms with Crippen molar-refractivity contribution in [2.75, 3.05) is 13.2 Å². The second-order valence-electron chi connectivity index (χ2n) is 10.9. The summed E-state index contributed by atoms with van der Waals surface area (Å²) in [5.41, 5.74) is 4.00. The molecule has 0 aromatic heterocycles. The van der Waals surface area contributed by atoms with Crippen molar-refractivity contribution in [1.29, 1.82) is 0 Å². The third kappa shape index (κ3) is 8.47. The lowest BCUT2D eigenvalue weighted by Gasteiger charge is -2.32. The average Bonchev–Trinajstić information content (AvgIpc) is 2.89. The molecular formula is C33H42N2O3. The normalized spacial score (nSPS) is 12.0. The summed E-state index contributed by atoms with van der Waals surface area (Å²) in [6.07, 6.45) is 2.30. The predicted molar refractivity (Wildman–Crippen MR) is 154 cm³/mol. The molecule has 202 valence electrons. The summed E-state index contributed by atoms with van der Waals surface area (Å²) in [7, 11) is 0. The molecular weight excluding hydrogens is 472 g/mol. The number of rotatable bonds is 12. The highest BCUT2D eigenvalue weighted by Crippen LogP contribution is 2.31. The van der Waals surface area contributed by atoms with Crippen LogP contribution in [-0.2, 0) is 28.0 Å². The molecule has 38 heavy (non-hydrogen) atoms. The SMILES string of the molecule is CCCCNC(=O)C(Cc1ccccc1)N(Cc1cccc(C)c1)C(=O)COc1ccccc1C(C)(C)C. The van der Waals surface area contributed by atoms with E-state index < -0.39 is 6.04 Å². The maximum Gasteiger partial charge on any atom is 0.261 e. The number of unbranched alkanes of at least 4 members (excludes halogenated alkanes) is 1. The van der Waals surface area contributed by atoms with Crippen LogP contribution in [-0.4, -0.2) is 35.9 Å². The van der Waals surface area contributed by atoms with Crippen LogP contribution in [0.4, 0.5) is 0 Å². The number of carbonyl (C=O) groups is 2. The van der Waals surface area contributed by atoms with Gasteiger partial charge >= 0.3 is 0 Å². The zero-order valence-electron chi connectivity index (χ0n) is 23.5. The molecule has 1 atom stereocenters. The first kappa shape index (κ1) is 29.0. The summed E-state index contributed by atoms with van der Waals surface area (Å²) in [5.74, 6) is 0.330. The fraction of sp³-hybridized carbons (Fsp3) is 0.394. The van der Waals surface area contributed by atoms with E-state index in [2.05, 4.69) is 39.1 Å². The van der Waals surface area contributed by atoms with E-state index in [1.807, 2.05) is 79.7 Å². The van der Waals surface area contributed by atoms with E-state index >= 15 is 0 Å². The topological polar surface area (TPSA) is 58.6 Å². The Balaban J connectivity index is 1.92. The largest absolute Gasteiger partial charge is 0.483 e. The number of nitrogens with zero attached hydrogens (tertiary/aromatic N) is 1. The van der Waals surface area contributed by atoms with Gasteiger partial charge in [0, 0.05) is 19.5 Å². The molecule has 0 saturated heterocycles. The van der Waals surface area contributed by atoms with Gasteiger partial charge in [0.1, 0.15) is 11.8 Å². The van der Waals surface area contributed by atoms with Gasteiger partial charge in [0.05, 0.1) is 0 Å². The zero-order valence-corrected chi connectivity index (χ0v) is 23.5. The number of ether oxygens (including phenoxy) is 1. The van der Waals surface area contributed by atoms with Crippen molar-refractivity contribution in [3.8, 4) is 5.75 Å². The van der Waals surface area contributed by atoms with E-state index in [-0.39, 0.29) is 23.8 Å². The van der Waals surface area contributed by atoms with Gasteiger partial charge in [-0.3, -0.25) is 9.59 Å². The van der Waals surface area contributed by atoms with Crippen molar-refractivity contribution in [3.63, 3.8) is 0 Å². The van der Waals surface area contributed by atoms with Crippen LogP contribution in [0.15, 0.2) is 78.9 Å². The van der Waals surface area contributed by atoms with Crippen LogP contribution in [0.2, 0.25) is 0 Å². The van der Waals surface area contributed by atoms with Crippen LogP contribution in [0, 0.1) is 6.92 Å². The Morgan fingerprint density at radius 1 is 0.921 bits per heavy atom. The van der Waals surface area contributed by atoms with Crippen LogP contribution in [0.1, 0.15) is 62.8 Å². The Kier molecular flexibility index (Phi) is 10.5. The molecule has 0 aliphatic rings. The molecule has 0 aliphatic heterocycles. The lowest BCUT2D eigenvalue weighted by atomic mass is 9.86. The number of para-hydroxylation sites is 1. The molecule has 3 rings (SSSR count). The summed E-state index contributed by atoms with van der Waals surface area (Å²) < 4.78 is 6.12. The molecule has 0 saturated carbocycles. The van der Waals surface area contributed by atoms with Gasteiger partial charge in [-0.1, -0.05) is 112 Å². The predicted octanol–water partition coefficient (Wildman–Crippen LogP) is 6.23.